The summed E-state index contributed by atoms with van der Waals surface area (Å²) in [4.78, 5) is 28.4. The van der Waals surface area contributed by atoms with E-state index in [1.165, 1.54) is 18.9 Å². The average molecular weight is 316 g/mol. The van der Waals surface area contributed by atoms with Crippen LogP contribution in [0.2, 0.25) is 0 Å². The van der Waals surface area contributed by atoms with Crippen LogP contribution in [0, 0.1) is 10.1 Å². The highest BCUT2D eigenvalue weighted by molar-refractivity contribution is 5.91. The van der Waals surface area contributed by atoms with Gasteiger partial charge in [0.2, 0.25) is 0 Å². The molecule has 1 fully saturated rings. The molecule has 8 heteroatoms. The lowest BCUT2D eigenvalue weighted by Crippen LogP contribution is -2.23. The second-order valence-electron chi connectivity index (χ2n) is 5.29. The standard InChI is InChI=1S/C15H16N4O4/c20-15(12-3-4-14(23-12)19(21)22)17-10-11-5-6-16-13(9-11)18-7-1-2-8-18/h3-6,9H,1-2,7-8,10H2,(H,17,20). The summed E-state index contributed by atoms with van der Waals surface area (Å²) >= 11 is 0. The topological polar surface area (TPSA) is 102 Å². The monoisotopic (exact) mass is 316 g/mol. The van der Waals surface area contributed by atoms with Crippen LogP contribution in [0.1, 0.15) is 29.0 Å². The zero-order valence-electron chi connectivity index (χ0n) is 12.4. The van der Waals surface area contributed by atoms with Gasteiger partial charge in [0.25, 0.3) is 5.91 Å². The van der Waals surface area contributed by atoms with Crippen molar-refractivity contribution in [3.05, 3.63) is 51.9 Å². The Kier molecular flexibility index (Phi) is 4.22. The smallest absolute Gasteiger partial charge is 0.395 e. The number of anilines is 1. The fraction of sp³-hybridized carbons (Fsp3) is 0.333. The van der Waals surface area contributed by atoms with E-state index in [9.17, 15) is 14.9 Å². The molecule has 0 spiro atoms. The molecule has 8 nitrogen and oxygen atoms in total. The second kappa shape index (κ2) is 6.47. The Bertz CT molecular complexity index is 722. The third kappa shape index (κ3) is 3.47. The lowest BCUT2D eigenvalue weighted by molar-refractivity contribution is -0.402. The van der Waals surface area contributed by atoms with Crippen LogP contribution in [0.25, 0.3) is 0 Å². The molecule has 0 aromatic carbocycles. The van der Waals surface area contributed by atoms with E-state index in [1.54, 1.807) is 6.20 Å². The van der Waals surface area contributed by atoms with Crippen molar-refractivity contribution in [2.75, 3.05) is 18.0 Å². The van der Waals surface area contributed by atoms with E-state index in [1.807, 2.05) is 12.1 Å². The molecule has 0 unspecified atom stereocenters. The first-order valence-electron chi connectivity index (χ1n) is 7.36. The molecule has 0 atom stereocenters. The summed E-state index contributed by atoms with van der Waals surface area (Å²) in [7, 11) is 0. The SMILES string of the molecule is O=C(NCc1ccnc(N2CCCC2)c1)c1ccc([N+](=O)[O-])o1. The Morgan fingerprint density at radius 3 is 2.83 bits per heavy atom. The molecule has 23 heavy (non-hydrogen) atoms. The van der Waals surface area contributed by atoms with Gasteiger partial charge in [-0.3, -0.25) is 14.9 Å². The summed E-state index contributed by atoms with van der Waals surface area (Å²) in [6.45, 7) is 2.30. The van der Waals surface area contributed by atoms with Crippen molar-refractivity contribution >= 4 is 17.6 Å². The van der Waals surface area contributed by atoms with E-state index in [-0.39, 0.29) is 5.76 Å². The van der Waals surface area contributed by atoms with Gasteiger partial charge in [0.05, 0.1) is 6.07 Å². The number of hydrogen-bond acceptors (Lipinski definition) is 6. The number of carbonyl (C=O) groups excluding carboxylic acids is 1. The molecule has 1 saturated heterocycles. The van der Waals surface area contributed by atoms with E-state index in [0.717, 1.165) is 30.5 Å². The summed E-state index contributed by atoms with van der Waals surface area (Å²) in [5, 5.41) is 13.2. The first-order chi connectivity index (χ1) is 11.1. The molecule has 3 heterocycles. The normalized spacial score (nSPS) is 14.0. The minimum absolute atomic E-state index is 0.0782. The van der Waals surface area contributed by atoms with E-state index in [2.05, 4.69) is 15.2 Å². The Balaban J connectivity index is 1.62. The van der Waals surface area contributed by atoms with Gasteiger partial charge in [0.1, 0.15) is 10.7 Å². The van der Waals surface area contributed by atoms with Crippen LogP contribution < -0.4 is 10.2 Å². The van der Waals surface area contributed by atoms with Crippen LogP contribution in [-0.4, -0.2) is 28.9 Å². The molecule has 1 amide bonds. The molecule has 120 valence electrons. The fourth-order valence-electron chi connectivity index (χ4n) is 2.51. The van der Waals surface area contributed by atoms with Crippen molar-refractivity contribution in [3.63, 3.8) is 0 Å². The zero-order valence-corrected chi connectivity index (χ0v) is 12.4. The van der Waals surface area contributed by atoms with Crippen molar-refractivity contribution in [2.45, 2.75) is 19.4 Å². The third-order valence-electron chi connectivity index (χ3n) is 3.69. The van der Waals surface area contributed by atoms with Gasteiger partial charge in [0, 0.05) is 25.8 Å². The Hall–Kier alpha value is -2.90. The summed E-state index contributed by atoms with van der Waals surface area (Å²) < 4.78 is 4.87. The predicted molar refractivity (Wildman–Crippen MR) is 82.2 cm³/mol. The molecule has 0 aliphatic carbocycles. The minimum atomic E-state index is -0.679. The summed E-state index contributed by atoms with van der Waals surface area (Å²) in [6.07, 6.45) is 4.05. The second-order valence-corrected chi connectivity index (χ2v) is 5.29. The van der Waals surface area contributed by atoms with E-state index < -0.39 is 16.7 Å². The molecule has 2 aromatic rings. The number of nitrogens with one attached hydrogen (secondary N) is 1. The third-order valence-corrected chi connectivity index (χ3v) is 3.69. The van der Waals surface area contributed by atoms with Gasteiger partial charge in [-0.2, -0.15) is 0 Å². The molecule has 0 saturated carbocycles. The summed E-state index contributed by atoms with van der Waals surface area (Å²) in [6, 6.07) is 6.21. The Labute approximate surface area is 132 Å². The number of nitro groups is 1. The maximum Gasteiger partial charge on any atom is 0.433 e. The molecule has 0 radical (unpaired) electrons. The summed E-state index contributed by atoms with van der Waals surface area (Å²) in [5.41, 5.74) is 0.913. The van der Waals surface area contributed by atoms with Crippen molar-refractivity contribution in [3.8, 4) is 0 Å². The lowest BCUT2D eigenvalue weighted by atomic mass is 10.2. The highest BCUT2D eigenvalue weighted by atomic mass is 16.6. The van der Waals surface area contributed by atoms with Gasteiger partial charge in [-0.25, -0.2) is 4.98 Å². The van der Waals surface area contributed by atoms with Crippen molar-refractivity contribution in [1.29, 1.82) is 0 Å². The predicted octanol–water partition coefficient (Wildman–Crippen LogP) is 2.11. The molecule has 1 N–H and O–H groups in total. The molecular weight excluding hydrogens is 300 g/mol. The van der Waals surface area contributed by atoms with Crippen LogP contribution in [0.5, 0.6) is 0 Å². The van der Waals surface area contributed by atoms with E-state index >= 15 is 0 Å². The molecular formula is C15H16N4O4. The van der Waals surface area contributed by atoms with Crippen LogP contribution in [0.4, 0.5) is 11.7 Å². The number of aromatic nitrogens is 1. The number of pyridine rings is 1. The van der Waals surface area contributed by atoms with Gasteiger partial charge in [-0.05, 0) is 36.6 Å². The maximum absolute atomic E-state index is 11.9. The van der Waals surface area contributed by atoms with Crippen LogP contribution in [0.3, 0.4) is 0 Å². The van der Waals surface area contributed by atoms with Gasteiger partial charge >= 0.3 is 5.88 Å². The molecule has 1 aliphatic heterocycles. The van der Waals surface area contributed by atoms with E-state index in [0.29, 0.717) is 6.54 Å². The van der Waals surface area contributed by atoms with Crippen molar-refractivity contribution in [1.82, 2.24) is 10.3 Å². The molecule has 3 rings (SSSR count). The number of rotatable bonds is 5. The average Bonchev–Trinajstić information content (AvgIpc) is 3.24. The van der Waals surface area contributed by atoms with Gasteiger partial charge in [-0.1, -0.05) is 0 Å². The first kappa shape index (κ1) is 15.0. The highest BCUT2D eigenvalue weighted by Crippen LogP contribution is 2.19. The lowest BCUT2D eigenvalue weighted by Gasteiger charge is -2.16. The maximum atomic E-state index is 11.9. The van der Waals surface area contributed by atoms with Crippen molar-refractivity contribution in [2.24, 2.45) is 0 Å². The first-order valence-corrected chi connectivity index (χ1v) is 7.36. The molecule has 0 bridgehead atoms. The van der Waals surface area contributed by atoms with Crippen LogP contribution >= 0.6 is 0 Å². The zero-order chi connectivity index (χ0) is 16.2. The van der Waals surface area contributed by atoms with Crippen LogP contribution in [-0.2, 0) is 6.54 Å². The number of nitrogens with zero attached hydrogens (tertiary/aromatic N) is 3. The Morgan fingerprint density at radius 1 is 1.35 bits per heavy atom. The fourth-order valence-corrected chi connectivity index (χ4v) is 2.51. The van der Waals surface area contributed by atoms with Gasteiger partial charge in [-0.15, -0.1) is 0 Å². The Morgan fingerprint density at radius 2 is 2.13 bits per heavy atom. The number of furan rings is 1. The van der Waals surface area contributed by atoms with Crippen LogP contribution in [0.15, 0.2) is 34.9 Å². The summed E-state index contributed by atoms with van der Waals surface area (Å²) in [5.74, 6) is -0.110. The van der Waals surface area contributed by atoms with Gasteiger partial charge in [0.15, 0.2) is 5.76 Å². The minimum Gasteiger partial charge on any atom is -0.395 e. The number of carbonyl (C=O) groups is 1. The molecule has 1 aliphatic rings. The van der Waals surface area contributed by atoms with Gasteiger partial charge < -0.3 is 14.6 Å². The molecule has 2 aromatic heterocycles. The van der Waals surface area contributed by atoms with Crippen molar-refractivity contribution < 1.29 is 14.1 Å². The highest BCUT2D eigenvalue weighted by Gasteiger charge is 2.17. The number of amides is 1. The largest absolute Gasteiger partial charge is 0.433 e. The van der Waals surface area contributed by atoms with E-state index in [4.69, 9.17) is 4.42 Å². The number of hydrogen-bond donors (Lipinski definition) is 1. The quantitative estimate of drug-likeness (QED) is 0.669.